The van der Waals surface area contributed by atoms with Crippen LogP contribution in [0, 0.1) is 0 Å². The molecule has 0 bridgehead atoms. The smallest absolute Gasteiger partial charge is 0.359 e. The third-order valence-corrected chi connectivity index (χ3v) is 3.17. The van der Waals surface area contributed by atoms with Crippen molar-refractivity contribution in [2.75, 3.05) is 12.4 Å². The second-order valence-corrected chi connectivity index (χ2v) is 4.61. The monoisotopic (exact) mass is 295 g/mol. The Morgan fingerprint density at radius 3 is 2.59 bits per heavy atom. The van der Waals surface area contributed by atoms with Gasteiger partial charge in [0.1, 0.15) is 5.75 Å². The summed E-state index contributed by atoms with van der Waals surface area (Å²) in [6.07, 6.45) is 0. The fraction of sp³-hybridized carbons (Fsp3) is 0.0625. The molecule has 0 fully saturated rings. The number of methoxy groups -OCH3 is 1. The second-order valence-electron chi connectivity index (χ2n) is 4.61. The molecular weight excluding hydrogens is 282 g/mol. The summed E-state index contributed by atoms with van der Waals surface area (Å²) in [5.41, 5.74) is 0.838. The van der Waals surface area contributed by atoms with E-state index in [-0.39, 0.29) is 11.4 Å². The summed E-state index contributed by atoms with van der Waals surface area (Å²) in [7, 11) is 1.30. The summed E-state index contributed by atoms with van der Waals surface area (Å²) in [5.74, 6) is 0.106. The molecule has 0 atom stereocenters. The predicted octanol–water partition coefficient (Wildman–Crippen LogP) is 2.87. The number of hydrogen-bond acceptors (Lipinski definition) is 6. The van der Waals surface area contributed by atoms with Crippen LogP contribution in [0.5, 0.6) is 5.75 Å². The van der Waals surface area contributed by atoms with Crippen molar-refractivity contribution in [1.29, 1.82) is 0 Å². The number of nitrogens with zero attached hydrogens (tertiary/aromatic N) is 2. The molecule has 22 heavy (non-hydrogen) atoms. The van der Waals surface area contributed by atoms with Gasteiger partial charge in [0.15, 0.2) is 11.5 Å². The van der Waals surface area contributed by atoms with E-state index in [1.165, 1.54) is 7.11 Å². The molecule has 1 heterocycles. The molecule has 0 saturated carbocycles. The van der Waals surface area contributed by atoms with Crippen LogP contribution in [0.2, 0.25) is 0 Å². The van der Waals surface area contributed by atoms with E-state index in [1.54, 1.807) is 30.3 Å². The van der Waals surface area contributed by atoms with Crippen molar-refractivity contribution < 1.29 is 14.6 Å². The summed E-state index contributed by atoms with van der Waals surface area (Å²) in [4.78, 5) is 11.8. The number of phenols is 1. The summed E-state index contributed by atoms with van der Waals surface area (Å²) in [6, 6.07) is 13.9. The second kappa shape index (κ2) is 5.69. The van der Waals surface area contributed by atoms with Crippen LogP contribution < -0.4 is 5.32 Å². The van der Waals surface area contributed by atoms with Crippen molar-refractivity contribution in [3.8, 4) is 5.75 Å². The van der Waals surface area contributed by atoms with Gasteiger partial charge in [0.25, 0.3) is 0 Å². The van der Waals surface area contributed by atoms with E-state index in [9.17, 15) is 9.90 Å². The zero-order chi connectivity index (χ0) is 15.5. The molecule has 2 N–H and O–H groups in total. The lowest BCUT2D eigenvalue weighted by Gasteiger charge is -2.10. The zero-order valence-corrected chi connectivity index (χ0v) is 11.8. The lowest BCUT2D eigenvalue weighted by Crippen LogP contribution is -2.08. The minimum Gasteiger partial charge on any atom is -0.508 e. The highest BCUT2D eigenvalue weighted by Gasteiger charge is 2.15. The van der Waals surface area contributed by atoms with Gasteiger partial charge in [-0.25, -0.2) is 4.79 Å². The third kappa shape index (κ3) is 2.54. The van der Waals surface area contributed by atoms with Gasteiger partial charge in [-0.05, 0) is 12.1 Å². The number of esters is 1. The number of aromatic hydroxyl groups is 1. The van der Waals surface area contributed by atoms with Gasteiger partial charge in [-0.3, -0.25) is 0 Å². The largest absolute Gasteiger partial charge is 0.508 e. The van der Waals surface area contributed by atoms with E-state index >= 15 is 0 Å². The zero-order valence-electron chi connectivity index (χ0n) is 11.8. The number of anilines is 2. The van der Waals surface area contributed by atoms with E-state index < -0.39 is 5.97 Å². The van der Waals surface area contributed by atoms with Gasteiger partial charge in [0.05, 0.1) is 7.11 Å². The highest BCUT2D eigenvalue weighted by atomic mass is 16.5. The van der Waals surface area contributed by atoms with Crippen molar-refractivity contribution in [2.24, 2.45) is 0 Å². The Morgan fingerprint density at radius 1 is 1.09 bits per heavy atom. The van der Waals surface area contributed by atoms with Crippen LogP contribution in [0.1, 0.15) is 10.5 Å². The number of ether oxygens (including phenoxy) is 1. The molecule has 3 aromatic rings. The number of phenolic OH excluding ortho intramolecular Hbond substituents is 1. The number of hydrogen-bond donors (Lipinski definition) is 2. The molecule has 0 aliphatic carbocycles. The van der Waals surface area contributed by atoms with Crippen molar-refractivity contribution in [3.63, 3.8) is 0 Å². The minimum atomic E-state index is -0.535. The Hall–Kier alpha value is -3.15. The molecule has 0 aliphatic heterocycles. The molecule has 2 aromatic carbocycles. The predicted molar refractivity (Wildman–Crippen MR) is 82.3 cm³/mol. The molecule has 0 spiro atoms. The Labute approximate surface area is 126 Å². The van der Waals surface area contributed by atoms with E-state index in [1.807, 2.05) is 18.2 Å². The molecule has 6 heteroatoms. The molecule has 6 nitrogen and oxygen atoms in total. The molecule has 0 aliphatic rings. The Kier molecular flexibility index (Phi) is 3.57. The number of carbonyl (C=O) groups is 1. The number of nitrogens with one attached hydrogen (secondary N) is 1. The highest BCUT2D eigenvalue weighted by Crippen LogP contribution is 2.27. The number of carbonyl (C=O) groups excluding carboxylic acids is 1. The number of aromatic nitrogens is 2. The van der Waals surface area contributed by atoms with Crippen LogP contribution in [-0.4, -0.2) is 28.4 Å². The SMILES string of the molecule is COC(=O)c1nnc(Nc2cccc(O)c2)c2ccccc12. The maximum Gasteiger partial charge on any atom is 0.359 e. The molecule has 0 amide bonds. The quantitative estimate of drug-likeness (QED) is 0.723. The van der Waals surface area contributed by atoms with Crippen molar-refractivity contribution in [2.45, 2.75) is 0 Å². The maximum absolute atomic E-state index is 11.8. The van der Waals surface area contributed by atoms with Gasteiger partial charge in [-0.1, -0.05) is 30.3 Å². The fourth-order valence-electron chi connectivity index (χ4n) is 2.16. The maximum atomic E-state index is 11.8. The lowest BCUT2D eigenvalue weighted by atomic mass is 10.1. The highest BCUT2D eigenvalue weighted by molar-refractivity contribution is 6.05. The van der Waals surface area contributed by atoms with Crippen molar-refractivity contribution in [1.82, 2.24) is 10.2 Å². The van der Waals surface area contributed by atoms with E-state index in [0.29, 0.717) is 16.9 Å². The minimum absolute atomic E-state index is 0.147. The summed E-state index contributed by atoms with van der Waals surface area (Å²) >= 11 is 0. The molecule has 0 unspecified atom stereocenters. The number of rotatable bonds is 3. The van der Waals surface area contributed by atoms with Crippen LogP contribution in [0.3, 0.4) is 0 Å². The van der Waals surface area contributed by atoms with Gasteiger partial charge in [-0.15, -0.1) is 10.2 Å². The average Bonchev–Trinajstić information content (AvgIpc) is 2.54. The summed E-state index contributed by atoms with van der Waals surface area (Å²) in [5, 5.41) is 22.0. The normalized spacial score (nSPS) is 10.4. The third-order valence-electron chi connectivity index (χ3n) is 3.17. The molecule has 110 valence electrons. The first-order valence-corrected chi connectivity index (χ1v) is 6.59. The van der Waals surface area contributed by atoms with E-state index in [4.69, 9.17) is 4.74 Å². The first-order valence-electron chi connectivity index (χ1n) is 6.59. The molecular formula is C16H13N3O3. The first-order chi connectivity index (χ1) is 10.7. The molecule has 3 rings (SSSR count). The van der Waals surface area contributed by atoms with Crippen LogP contribution in [0.25, 0.3) is 10.8 Å². The van der Waals surface area contributed by atoms with Gasteiger partial charge in [0.2, 0.25) is 0 Å². The van der Waals surface area contributed by atoms with Gasteiger partial charge in [-0.2, -0.15) is 0 Å². The molecule has 1 aromatic heterocycles. The van der Waals surface area contributed by atoms with Gasteiger partial charge >= 0.3 is 5.97 Å². The number of fused-ring (bicyclic) bond motifs is 1. The summed E-state index contributed by atoms with van der Waals surface area (Å²) < 4.78 is 4.72. The van der Waals surface area contributed by atoms with E-state index in [2.05, 4.69) is 15.5 Å². The van der Waals surface area contributed by atoms with Crippen LogP contribution in [-0.2, 0) is 4.74 Å². The Bertz CT molecular complexity index is 849. The van der Waals surface area contributed by atoms with Crippen molar-refractivity contribution in [3.05, 3.63) is 54.2 Å². The van der Waals surface area contributed by atoms with E-state index in [0.717, 1.165) is 5.39 Å². The summed E-state index contributed by atoms with van der Waals surface area (Å²) in [6.45, 7) is 0. The van der Waals surface area contributed by atoms with Crippen molar-refractivity contribution >= 4 is 28.2 Å². The Balaban J connectivity index is 2.10. The number of benzene rings is 2. The molecule has 0 radical (unpaired) electrons. The van der Waals surface area contributed by atoms with Gasteiger partial charge in [0, 0.05) is 22.5 Å². The average molecular weight is 295 g/mol. The lowest BCUT2D eigenvalue weighted by molar-refractivity contribution is 0.0595. The van der Waals surface area contributed by atoms with Crippen LogP contribution >= 0.6 is 0 Å². The first kappa shape index (κ1) is 13.8. The molecule has 0 saturated heterocycles. The fourth-order valence-corrected chi connectivity index (χ4v) is 2.16. The van der Waals surface area contributed by atoms with Crippen LogP contribution in [0.15, 0.2) is 48.5 Å². The Morgan fingerprint density at radius 2 is 1.86 bits per heavy atom. The standard InChI is InChI=1S/C16H13N3O3/c1-22-16(21)14-12-7-2-3-8-13(12)15(19-18-14)17-10-5-4-6-11(20)9-10/h2-9,20H,1H3,(H,17,19). The van der Waals surface area contributed by atoms with Gasteiger partial charge < -0.3 is 15.2 Å². The van der Waals surface area contributed by atoms with Crippen LogP contribution in [0.4, 0.5) is 11.5 Å². The topological polar surface area (TPSA) is 84.3 Å².